The Morgan fingerprint density at radius 3 is 2.67 bits per heavy atom. The molecule has 0 atom stereocenters. The summed E-state index contributed by atoms with van der Waals surface area (Å²) in [6.45, 7) is -0.0787. The van der Waals surface area contributed by atoms with E-state index in [0.29, 0.717) is 0 Å². The molecule has 1 fully saturated rings. The number of urea groups is 1. The summed E-state index contributed by atoms with van der Waals surface area (Å²) in [5.41, 5.74) is 0. The van der Waals surface area contributed by atoms with Crippen molar-refractivity contribution in [1.29, 1.82) is 0 Å². The standard InChI is InChI=1S/C8H10N2O5/c1-15-7(13)2-3-10-6(12)4-5(11)9-8(10)14/h2-4H2,1H3,(H,9,11,14). The number of barbiturate groups is 1. The third-order valence-corrected chi connectivity index (χ3v) is 1.87. The van der Waals surface area contributed by atoms with Crippen LogP contribution in [-0.2, 0) is 19.1 Å². The fourth-order valence-corrected chi connectivity index (χ4v) is 1.11. The first-order valence-electron chi connectivity index (χ1n) is 4.25. The number of nitrogens with one attached hydrogen (secondary N) is 1. The average molecular weight is 214 g/mol. The molecule has 1 aliphatic rings. The molecule has 0 bridgehead atoms. The predicted molar refractivity (Wildman–Crippen MR) is 46.5 cm³/mol. The van der Waals surface area contributed by atoms with Gasteiger partial charge >= 0.3 is 12.0 Å². The SMILES string of the molecule is COC(=O)CCN1C(=O)CC(=O)NC1=O. The minimum Gasteiger partial charge on any atom is -0.469 e. The lowest BCUT2D eigenvalue weighted by atomic mass is 10.2. The van der Waals surface area contributed by atoms with E-state index < -0.39 is 23.8 Å². The van der Waals surface area contributed by atoms with Gasteiger partial charge in [0.2, 0.25) is 11.8 Å². The highest BCUT2D eigenvalue weighted by Crippen LogP contribution is 2.03. The molecule has 7 heteroatoms. The second-order valence-electron chi connectivity index (χ2n) is 2.90. The Morgan fingerprint density at radius 2 is 2.13 bits per heavy atom. The number of nitrogens with zero attached hydrogens (tertiary/aromatic N) is 1. The number of ether oxygens (including phenoxy) is 1. The number of amides is 4. The van der Waals surface area contributed by atoms with E-state index >= 15 is 0 Å². The molecule has 0 radical (unpaired) electrons. The number of carbonyl (C=O) groups is 4. The lowest BCUT2D eigenvalue weighted by molar-refractivity contribution is -0.141. The molecule has 0 aromatic rings. The number of hydrogen-bond acceptors (Lipinski definition) is 5. The highest BCUT2D eigenvalue weighted by Gasteiger charge is 2.30. The Balaban J connectivity index is 2.53. The molecule has 0 spiro atoms. The number of rotatable bonds is 3. The number of esters is 1. The van der Waals surface area contributed by atoms with E-state index in [1.54, 1.807) is 0 Å². The molecule has 7 nitrogen and oxygen atoms in total. The van der Waals surface area contributed by atoms with Crippen LogP contribution in [0.3, 0.4) is 0 Å². The second kappa shape index (κ2) is 4.54. The number of carbonyl (C=O) groups excluding carboxylic acids is 4. The quantitative estimate of drug-likeness (QED) is 0.481. The van der Waals surface area contributed by atoms with Gasteiger partial charge in [0.25, 0.3) is 0 Å². The first-order valence-corrected chi connectivity index (χ1v) is 4.25. The Bertz CT molecular complexity index is 305. The van der Waals surface area contributed by atoms with Crippen LogP contribution < -0.4 is 5.32 Å². The van der Waals surface area contributed by atoms with Crippen LogP contribution in [0.15, 0.2) is 0 Å². The van der Waals surface area contributed by atoms with Crippen molar-refractivity contribution in [3.8, 4) is 0 Å². The predicted octanol–water partition coefficient (Wildman–Crippen LogP) is -0.982. The minimum absolute atomic E-state index is 0.0787. The van der Waals surface area contributed by atoms with E-state index in [4.69, 9.17) is 0 Å². The van der Waals surface area contributed by atoms with Crippen LogP contribution in [-0.4, -0.2) is 42.4 Å². The number of imide groups is 2. The lowest BCUT2D eigenvalue weighted by Crippen LogP contribution is -2.53. The number of hydrogen-bond donors (Lipinski definition) is 1. The summed E-state index contributed by atoms with van der Waals surface area (Å²) in [7, 11) is 1.21. The summed E-state index contributed by atoms with van der Waals surface area (Å²) in [4.78, 5) is 44.7. The summed E-state index contributed by atoms with van der Waals surface area (Å²) in [6, 6.07) is -0.792. The summed E-state index contributed by atoms with van der Waals surface area (Å²) < 4.78 is 4.36. The highest BCUT2D eigenvalue weighted by atomic mass is 16.5. The van der Waals surface area contributed by atoms with Crippen LogP contribution >= 0.6 is 0 Å². The minimum atomic E-state index is -0.792. The summed E-state index contributed by atoms with van der Waals surface area (Å²) in [5.74, 6) is -1.75. The molecule has 0 aliphatic carbocycles. The molecule has 82 valence electrons. The first kappa shape index (κ1) is 11.2. The molecule has 0 unspecified atom stereocenters. The average Bonchev–Trinajstić information content (AvgIpc) is 2.15. The summed E-state index contributed by atoms with van der Waals surface area (Å²) in [5, 5.41) is 1.98. The Kier molecular flexibility index (Phi) is 3.37. The maximum atomic E-state index is 11.2. The van der Waals surface area contributed by atoms with Gasteiger partial charge in [0.1, 0.15) is 6.42 Å². The van der Waals surface area contributed by atoms with Gasteiger partial charge in [-0.15, -0.1) is 0 Å². The Hall–Kier alpha value is -1.92. The van der Waals surface area contributed by atoms with Crippen molar-refractivity contribution in [3.63, 3.8) is 0 Å². The van der Waals surface area contributed by atoms with Gasteiger partial charge in [-0.2, -0.15) is 0 Å². The zero-order valence-electron chi connectivity index (χ0n) is 8.11. The van der Waals surface area contributed by atoms with Gasteiger partial charge in [-0.1, -0.05) is 0 Å². The van der Waals surface area contributed by atoms with E-state index in [9.17, 15) is 19.2 Å². The van der Waals surface area contributed by atoms with Crippen LogP contribution in [0, 0.1) is 0 Å². The second-order valence-corrected chi connectivity index (χ2v) is 2.90. The summed E-state index contributed by atoms with van der Waals surface area (Å²) in [6.07, 6.45) is -0.448. The molecule has 1 heterocycles. The van der Waals surface area contributed by atoms with E-state index in [0.717, 1.165) is 4.90 Å². The van der Waals surface area contributed by atoms with Gasteiger partial charge in [0.05, 0.1) is 13.5 Å². The molecule has 1 rings (SSSR count). The first-order chi connectivity index (χ1) is 7.04. The lowest BCUT2D eigenvalue weighted by Gasteiger charge is -2.23. The normalized spacial score (nSPS) is 16.3. The largest absolute Gasteiger partial charge is 0.469 e. The van der Waals surface area contributed by atoms with Crippen LogP contribution in [0.2, 0.25) is 0 Å². The topological polar surface area (TPSA) is 92.8 Å². The maximum Gasteiger partial charge on any atom is 0.330 e. The Labute approximate surface area is 85.4 Å². The molecule has 15 heavy (non-hydrogen) atoms. The van der Waals surface area contributed by atoms with Gasteiger partial charge < -0.3 is 4.74 Å². The Morgan fingerprint density at radius 1 is 1.47 bits per heavy atom. The van der Waals surface area contributed by atoms with Crippen LogP contribution in [0.4, 0.5) is 4.79 Å². The van der Waals surface area contributed by atoms with Gasteiger partial charge in [0, 0.05) is 6.54 Å². The molecule has 0 saturated carbocycles. The van der Waals surface area contributed by atoms with Crippen LogP contribution in [0.5, 0.6) is 0 Å². The van der Waals surface area contributed by atoms with Crippen LogP contribution in [0.25, 0.3) is 0 Å². The highest BCUT2D eigenvalue weighted by molar-refractivity contribution is 6.14. The molecular formula is C8H10N2O5. The zero-order chi connectivity index (χ0) is 11.4. The molecule has 4 amide bonds. The molecular weight excluding hydrogens is 204 g/mol. The van der Waals surface area contributed by atoms with Crippen molar-refractivity contribution in [1.82, 2.24) is 10.2 Å². The van der Waals surface area contributed by atoms with Crippen molar-refractivity contribution in [2.24, 2.45) is 0 Å². The van der Waals surface area contributed by atoms with Gasteiger partial charge in [-0.25, -0.2) is 4.79 Å². The molecule has 0 aromatic heterocycles. The van der Waals surface area contributed by atoms with Crippen molar-refractivity contribution >= 4 is 23.8 Å². The van der Waals surface area contributed by atoms with E-state index in [1.807, 2.05) is 5.32 Å². The summed E-state index contributed by atoms with van der Waals surface area (Å²) >= 11 is 0. The fourth-order valence-electron chi connectivity index (χ4n) is 1.11. The van der Waals surface area contributed by atoms with E-state index in [2.05, 4.69) is 4.74 Å². The van der Waals surface area contributed by atoms with Crippen LogP contribution in [0.1, 0.15) is 12.8 Å². The maximum absolute atomic E-state index is 11.2. The fraction of sp³-hybridized carbons (Fsp3) is 0.500. The van der Waals surface area contributed by atoms with Gasteiger partial charge in [-0.05, 0) is 0 Å². The van der Waals surface area contributed by atoms with E-state index in [-0.39, 0.29) is 19.4 Å². The van der Waals surface area contributed by atoms with Crippen molar-refractivity contribution in [2.75, 3.05) is 13.7 Å². The smallest absolute Gasteiger partial charge is 0.330 e. The third-order valence-electron chi connectivity index (χ3n) is 1.87. The molecule has 1 saturated heterocycles. The molecule has 1 aliphatic heterocycles. The van der Waals surface area contributed by atoms with Crippen molar-refractivity contribution in [2.45, 2.75) is 12.8 Å². The number of methoxy groups -OCH3 is 1. The molecule has 1 N–H and O–H groups in total. The van der Waals surface area contributed by atoms with Gasteiger partial charge in [0.15, 0.2) is 0 Å². The third kappa shape index (κ3) is 2.76. The monoisotopic (exact) mass is 214 g/mol. The van der Waals surface area contributed by atoms with E-state index in [1.165, 1.54) is 7.11 Å². The van der Waals surface area contributed by atoms with Crippen molar-refractivity contribution < 1.29 is 23.9 Å². The molecule has 0 aromatic carbocycles. The zero-order valence-corrected chi connectivity index (χ0v) is 8.11. The van der Waals surface area contributed by atoms with Gasteiger partial charge in [-0.3, -0.25) is 24.6 Å². The van der Waals surface area contributed by atoms with Crippen molar-refractivity contribution in [3.05, 3.63) is 0 Å².